The van der Waals surface area contributed by atoms with E-state index in [1.807, 2.05) is 37.4 Å². The summed E-state index contributed by atoms with van der Waals surface area (Å²) in [6, 6.07) is 13.1. The maximum atomic E-state index is 13.0. The molecule has 5 nitrogen and oxygen atoms in total. The number of sulfone groups is 1. The summed E-state index contributed by atoms with van der Waals surface area (Å²) in [5, 5.41) is 7.60. The molecule has 0 spiro atoms. The van der Waals surface area contributed by atoms with Gasteiger partial charge < -0.3 is 10.6 Å². The molecule has 6 heteroatoms. The zero-order chi connectivity index (χ0) is 19.3. The van der Waals surface area contributed by atoms with Crippen LogP contribution in [0.2, 0.25) is 0 Å². The van der Waals surface area contributed by atoms with Gasteiger partial charge in [-0.3, -0.25) is 4.79 Å². The number of carbonyl (C=O) groups excluding carboxylic acids is 1. The van der Waals surface area contributed by atoms with Crippen LogP contribution in [0, 0.1) is 5.92 Å². The fourth-order valence-electron chi connectivity index (χ4n) is 3.79. The van der Waals surface area contributed by atoms with E-state index in [2.05, 4.69) is 10.6 Å². The maximum absolute atomic E-state index is 13.0. The lowest BCUT2D eigenvalue weighted by Crippen LogP contribution is -2.37. The highest BCUT2D eigenvalue weighted by Crippen LogP contribution is 2.33. The van der Waals surface area contributed by atoms with E-state index in [0.29, 0.717) is 37.1 Å². The van der Waals surface area contributed by atoms with Crippen molar-refractivity contribution in [1.82, 2.24) is 10.6 Å². The molecule has 3 rings (SSSR count). The Bertz CT molecular complexity index is 887. The number of rotatable bonds is 7. The second kappa shape index (κ2) is 8.85. The second-order valence-electron chi connectivity index (χ2n) is 7.28. The van der Waals surface area contributed by atoms with Gasteiger partial charge in [0.15, 0.2) is 9.84 Å². The summed E-state index contributed by atoms with van der Waals surface area (Å²) < 4.78 is 26.1. The van der Waals surface area contributed by atoms with Gasteiger partial charge in [0, 0.05) is 12.5 Å². The Morgan fingerprint density at radius 3 is 2.41 bits per heavy atom. The average molecular weight is 389 g/mol. The normalized spacial score (nSPS) is 20.5. The number of hydrogen-bond acceptors (Lipinski definition) is 4. The lowest BCUT2D eigenvalue weighted by Gasteiger charge is -2.27. The summed E-state index contributed by atoms with van der Waals surface area (Å²) in [6.45, 7) is 1.53. The van der Waals surface area contributed by atoms with Crippen LogP contribution in [0.25, 0.3) is 10.8 Å². The molecular formula is C21H28N2O3S. The Morgan fingerprint density at radius 2 is 1.70 bits per heavy atom. The molecule has 146 valence electrons. The molecule has 0 atom stereocenters. The van der Waals surface area contributed by atoms with Gasteiger partial charge in [-0.2, -0.15) is 0 Å². The van der Waals surface area contributed by atoms with E-state index in [1.54, 1.807) is 12.1 Å². The standard InChI is InChI=1S/C21H28N2O3S/c1-22-13-4-14-23-21(24)17-8-10-19(11-9-17)27(25,26)20-12-7-16-5-2-3-6-18(16)15-20/h2-3,5-7,12,15,17,19,22H,4,8-11,13-14H2,1H3,(H,23,24). The molecule has 0 aliphatic heterocycles. The zero-order valence-corrected chi connectivity index (χ0v) is 16.6. The Labute approximate surface area is 161 Å². The van der Waals surface area contributed by atoms with Gasteiger partial charge in [0.1, 0.15) is 0 Å². The van der Waals surface area contributed by atoms with E-state index in [4.69, 9.17) is 0 Å². The van der Waals surface area contributed by atoms with Crippen molar-refractivity contribution < 1.29 is 13.2 Å². The molecule has 2 aromatic carbocycles. The van der Waals surface area contributed by atoms with Gasteiger partial charge in [0.2, 0.25) is 5.91 Å². The van der Waals surface area contributed by atoms with Gasteiger partial charge in [-0.05, 0) is 68.6 Å². The van der Waals surface area contributed by atoms with Crippen molar-refractivity contribution in [2.75, 3.05) is 20.1 Å². The van der Waals surface area contributed by atoms with E-state index in [-0.39, 0.29) is 11.8 Å². The highest BCUT2D eigenvalue weighted by atomic mass is 32.2. The van der Waals surface area contributed by atoms with Crippen LogP contribution >= 0.6 is 0 Å². The van der Waals surface area contributed by atoms with Gasteiger partial charge in [-0.25, -0.2) is 8.42 Å². The van der Waals surface area contributed by atoms with Crippen LogP contribution in [-0.2, 0) is 14.6 Å². The molecule has 1 amide bonds. The molecule has 0 heterocycles. The van der Waals surface area contributed by atoms with E-state index < -0.39 is 15.1 Å². The van der Waals surface area contributed by atoms with Crippen molar-refractivity contribution in [3.63, 3.8) is 0 Å². The first-order valence-electron chi connectivity index (χ1n) is 9.67. The molecule has 0 radical (unpaired) electrons. The number of benzene rings is 2. The smallest absolute Gasteiger partial charge is 0.223 e. The maximum Gasteiger partial charge on any atom is 0.223 e. The zero-order valence-electron chi connectivity index (χ0n) is 15.8. The summed E-state index contributed by atoms with van der Waals surface area (Å²) in [4.78, 5) is 12.6. The van der Waals surface area contributed by atoms with Crippen molar-refractivity contribution in [2.24, 2.45) is 5.92 Å². The fraction of sp³-hybridized carbons (Fsp3) is 0.476. The second-order valence-corrected chi connectivity index (χ2v) is 9.50. The van der Waals surface area contributed by atoms with Crippen molar-refractivity contribution >= 4 is 26.5 Å². The molecule has 0 aromatic heterocycles. The van der Waals surface area contributed by atoms with E-state index in [1.165, 1.54) is 0 Å². The summed E-state index contributed by atoms with van der Waals surface area (Å²) in [5.41, 5.74) is 0. The quantitative estimate of drug-likeness (QED) is 0.715. The van der Waals surface area contributed by atoms with Crippen molar-refractivity contribution in [1.29, 1.82) is 0 Å². The van der Waals surface area contributed by atoms with Crippen LogP contribution in [0.5, 0.6) is 0 Å². The Morgan fingerprint density at radius 1 is 1.00 bits per heavy atom. The molecule has 1 aliphatic rings. The summed E-state index contributed by atoms with van der Waals surface area (Å²) in [7, 11) is -1.48. The third-order valence-corrected chi connectivity index (χ3v) is 7.70. The minimum atomic E-state index is -3.37. The monoisotopic (exact) mass is 388 g/mol. The van der Waals surface area contributed by atoms with Crippen LogP contribution < -0.4 is 10.6 Å². The molecule has 2 aromatic rings. The first kappa shape index (κ1) is 19.8. The average Bonchev–Trinajstić information content (AvgIpc) is 2.70. The van der Waals surface area contributed by atoms with E-state index in [0.717, 1.165) is 23.7 Å². The largest absolute Gasteiger partial charge is 0.356 e. The van der Waals surface area contributed by atoms with Gasteiger partial charge in [0.05, 0.1) is 10.1 Å². The number of nitrogens with one attached hydrogen (secondary N) is 2. The summed E-state index contributed by atoms with van der Waals surface area (Å²) in [6.07, 6.45) is 3.26. The van der Waals surface area contributed by atoms with Crippen LogP contribution in [-0.4, -0.2) is 39.7 Å². The van der Waals surface area contributed by atoms with Gasteiger partial charge in [-0.1, -0.05) is 30.3 Å². The Hall–Kier alpha value is -1.92. The van der Waals surface area contributed by atoms with Gasteiger partial charge >= 0.3 is 0 Å². The highest BCUT2D eigenvalue weighted by molar-refractivity contribution is 7.92. The Balaban J connectivity index is 1.61. The number of fused-ring (bicyclic) bond motifs is 1. The first-order chi connectivity index (χ1) is 13.0. The van der Waals surface area contributed by atoms with Crippen LogP contribution in [0.1, 0.15) is 32.1 Å². The van der Waals surface area contributed by atoms with E-state index >= 15 is 0 Å². The molecule has 27 heavy (non-hydrogen) atoms. The number of hydrogen-bond donors (Lipinski definition) is 2. The SMILES string of the molecule is CNCCCNC(=O)C1CCC(S(=O)(=O)c2ccc3ccccc3c2)CC1. The van der Waals surface area contributed by atoms with Crippen LogP contribution in [0.15, 0.2) is 47.4 Å². The topological polar surface area (TPSA) is 75.3 Å². The molecule has 0 bridgehead atoms. The van der Waals surface area contributed by atoms with Gasteiger partial charge in [0.25, 0.3) is 0 Å². The molecule has 1 fully saturated rings. The molecule has 1 aliphatic carbocycles. The third-order valence-electron chi connectivity index (χ3n) is 5.44. The summed E-state index contributed by atoms with van der Waals surface area (Å²) >= 11 is 0. The first-order valence-corrected chi connectivity index (χ1v) is 11.2. The number of carbonyl (C=O) groups is 1. The van der Waals surface area contributed by atoms with Crippen molar-refractivity contribution in [3.05, 3.63) is 42.5 Å². The summed E-state index contributed by atoms with van der Waals surface area (Å²) in [5.74, 6) is -0.00436. The Kier molecular flexibility index (Phi) is 6.50. The molecular weight excluding hydrogens is 360 g/mol. The molecule has 1 saturated carbocycles. The van der Waals surface area contributed by atoms with Gasteiger partial charge in [-0.15, -0.1) is 0 Å². The molecule has 2 N–H and O–H groups in total. The third kappa shape index (κ3) is 4.68. The fourth-order valence-corrected chi connectivity index (χ4v) is 5.62. The predicted molar refractivity (Wildman–Crippen MR) is 108 cm³/mol. The number of amides is 1. The minimum Gasteiger partial charge on any atom is -0.356 e. The highest BCUT2D eigenvalue weighted by Gasteiger charge is 2.34. The molecule has 0 unspecified atom stereocenters. The van der Waals surface area contributed by atoms with Crippen LogP contribution in [0.3, 0.4) is 0 Å². The van der Waals surface area contributed by atoms with E-state index in [9.17, 15) is 13.2 Å². The van der Waals surface area contributed by atoms with Crippen LogP contribution in [0.4, 0.5) is 0 Å². The predicted octanol–water partition coefficient (Wildman–Crippen LogP) is 2.90. The molecule has 0 saturated heterocycles. The minimum absolute atomic E-state index is 0.0626. The van der Waals surface area contributed by atoms with Crippen molar-refractivity contribution in [2.45, 2.75) is 42.2 Å². The lowest BCUT2D eigenvalue weighted by atomic mass is 9.88. The lowest BCUT2D eigenvalue weighted by molar-refractivity contribution is -0.125. The van der Waals surface area contributed by atoms with Crippen molar-refractivity contribution in [3.8, 4) is 0 Å².